The number of hydrogen-bond acceptors (Lipinski definition) is 3. The fraction of sp³-hybridized carbons (Fsp3) is 0.294. The SMILES string of the molecule is CC(C)Cc1c(C#N)c(C#N)c(N)n1Cc1ccccc1. The van der Waals surface area contributed by atoms with Crippen LogP contribution in [0.1, 0.15) is 36.2 Å². The van der Waals surface area contributed by atoms with Crippen molar-refractivity contribution in [2.75, 3.05) is 5.73 Å². The summed E-state index contributed by atoms with van der Waals surface area (Å²) in [6, 6.07) is 14.1. The van der Waals surface area contributed by atoms with E-state index in [0.717, 1.165) is 17.7 Å². The molecule has 1 aromatic carbocycles. The van der Waals surface area contributed by atoms with Gasteiger partial charge in [0.2, 0.25) is 0 Å². The molecule has 0 aliphatic heterocycles. The van der Waals surface area contributed by atoms with Gasteiger partial charge in [0.05, 0.1) is 5.56 Å². The van der Waals surface area contributed by atoms with Gasteiger partial charge < -0.3 is 10.3 Å². The van der Waals surface area contributed by atoms with Gasteiger partial charge in [-0.1, -0.05) is 44.2 Å². The normalized spacial score (nSPS) is 10.3. The van der Waals surface area contributed by atoms with Crippen molar-refractivity contribution in [3.63, 3.8) is 0 Å². The lowest BCUT2D eigenvalue weighted by Gasteiger charge is -2.13. The standard InChI is InChI=1S/C17H18N4/c1-12(2)8-16-14(9-18)15(10-19)17(20)21(16)11-13-6-4-3-5-7-13/h3-7,12H,8,11,20H2,1-2H3. The summed E-state index contributed by atoms with van der Waals surface area (Å²) >= 11 is 0. The monoisotopic (exact) mass is 278 g/mol. The smallest absolute Gasteiger partial charge is 0.123 e. The van der Waals surface area contributed by atoms with Gasteiger partial charge in [-0.2, -0.15) is 10.5 Å². The van der Waals surface area contributed by atoms with Gasteiger partial charge in [-0.05, 0) is 17.9 Å². The molecule has 0 aliphatic rings. The second-order valence-electron chi connectivity index (χ2n) is 5.48. The van der Waals surface area contributed by atoms with Crippen LogP contribution in [0.15, 0.2) is 30.3 Å². The molecule has 1 heterocycles. The van der Waals surface area contributed by atoms with E-state index in [4.69, 9.17) is 5.73 Å². The summed E-state index contributed by atoms with van der Waals surface area (Å²) in [5.41, 5.74) is 8.76. The average molecular weight is 278 g/mol. The first-order chi connectivity index (χ1) is 10.1. The molecule has 4 heteroatoms. The molecule has 0 bridgehead atoms. The van der Waals surface area contributed by atoms with Crippen LogP contribution in [0.25, 0.3) is 0 Å². The van der Waals surface area contributed by atoms with E-state index in [-0.39, 0.29) is 0 Å². The number of aromatic nitrogens is 1. The van der Waals surface area contributed by atoms with Crippen LogP contribution in [0.3, 0.4) is 0 Å². The lowest BCUT2D eigenvalue weighted by atomic mass is 10.0. The molecule has 0 unspecified atom stereocenters. The maximum Gasteiger partial charge on any atom is 0.123 e. The highest BCUT2D eigenvalue weighted by atomic mass is 15.1. The molecule has 21 heavy (non-hydrogen) atoms. The number of benzene rings is 1. The quantitative estimate of drug-likeness (QED) is 0.933. The van der Waals surface area contributed by atoms with Crippen LogP contribution in [-0.4, -0.2) is 4.57 Å². The summed E-state index contributed by atoms with van der Waals surface area (Å²) in [7, 11) is 0. The fourth-order valence-corrected chi connectivity index (χ4v) is 2.47. The molecule has 2 N–H and O–H groups in total. The zero-order chi connectivity index (χ0) is 15.4. The van der Waals surface area contributed by atoms with E-state index in [1.165, 1.54) is 0 Å². The Morgan fingerprint density at radius 1 is 1.10 bits per heavy atom. The van der Waals surface area contributed by atoms with E-state index < -0.39 is 0 Å². The van der Waals surface area contributed by atoms with E-state index in [0.29, 0.717) is 29.4 Å². The van der Waals surface area contributed by atoms with Crippen LogP contribution in [0, 0.1) is 28.6 Å². The van der Waals surface area contributed by atoms with Crippen LogP contribution in [-0.2, 0) is 13.0 Å². The second-order valence-corrected chi connectivity index (χ2v) is 5.48. The van der Waals surface area contributed by atoms with Crippen LogP contribution < -0.4 is 5.73 Å². The molecule has 0 spiro atoms. The van der Waals surface area contributed by atoms with Crippen LogP contribution in [0.5, 0.6) is 0 Å². The van der Waals surface area contributed by atoms with Gasteiger partial charge in [-0.15, -0.1) is 0 Å². The molecular formula is C17H18N4. The molecule has 0 radical (unpaired) electrons. The van der Waals surface area contributed by atoms with E-state index >= 15 is 0 Å². The van der Waals surface area contributed by atoms with Crippen molar-refractivity contribution >= 4 is 5.82 Å². The number of nitrogen functional groups attached to an aromatic ring is 1. The van der Waals surface area contributed by atoms with Crippen molar-refractivity contribution in [2.45, 2.75) is 26.8 Å². The van der Waals surface area contributed by atoms with Crippen molar-refractivity contribution in [3.8, 4) is 12.1 Å². The molecule has 0 saturated carbocycles. The summed E-state index contributed by atoms with van der Waals surface area (Å²) in [5.74, 6) is 0.765. The van der Waals surface area contributed by atoms with E-state index in [1.54, 1.807) is 0 Å². The maximum atomic E-state index is 9.38. The molecule has 106 valence electrons. The molecular weight excluding hydrogens is 260 g/mol. The summed E-state index contributed by atoms with van der Waals surface area (Å²) in [4.78, 5) is 0. The Bertz CT molecular complexity index is 712. The van der Waals surface area contributed by atoms with Gasteiger partial charge in [0.15, 0.2) is 0 Å². The van der Waals surface area contributed by atoms with Gasteiger partial charge in [-0.3, -0.25) is 0 Å². The van der Waals surface area contributed by atoms with E-state index in [2.05, 4.69) is 26.0 Å². The predicted molar refractivity (Wildman–Crippen MR) is 82.4 cm³/mol. The Labute approximate surface area is 125 Å². The number of hydrogen-bond donors (Lipinski definition) is 1. The molecule has 2 aromatic rings. The third kappa shape index (κ3) is 2.90. The Morgan fingerprint density at radius 2 is 1.71 bits per heavy atom. The molecule has 0 atom stereocenters. The number of nitriles is 2. The Hall–Kier alpha value is -2.72. The van der Waals surface area contributed by atoms with Crippen molar-refractivity contribution in [2.24, 2.45) is 5.92 Å². The first kappa shape index (κ1) is 14.7. The summed E-state index contributed by atoms with van der Waals surface area (Å²) in [5, 5.41) is 18.7. The van der Waals surface area contributed by atoms with Crippen molar-refractivity contribution in [1.82, 2.24) is 4.57 Å². The van der Waals surface area contributed by atoms with E-state index in [9.17, 15) is 10.5 Å². The van der Waals surface area contributed by atoms with Gasteiger partial charge in [-0.25, -0.2) is 0 Å². The first-order valence-electron chi connectivity index (χ1n) is 6.93. The van der Waals surface area contributed by atoms with Gasteiger partial charge in [0, 0.05) is 12.2 Å². The van der Waals surface area contributed by atoms with Crippen LogP contribution >= 0.6 is 0 Å². The zero-order valence-corrected chi connectivity index (χ0v) is 12.3. The van der Waals surface area contributed by atoms with E-state index in [1.807, 2.05) is 34.9 Å². The average Bonchev–Trinajstić information content (AvgIpc) is 2.72. The van der Waals surface area contributed by atoms with Crippen molar-refractivity contribution in [1.29, 1.82) is 10.5 Å². The molecule has 4 nitrogen and oxygen atoms in total. The minimum atomic E-state index is 0.295. The van der Waals surface area contributed by atoms with Crippen LogP contribution in [0.4, 0.5) is 5.82 Å². The third-order valence-corrected chi connectivity index (χ3v) is 3.42. The summed E-state index contributed by atoms with van der Waals surface area (Å²) < 4.78 is 1.90. The summed E-state index contributed by atoms with van der Waals surface area (Å²) in [6.07, 6.45) is 0.724. The predicted octanol–water partition coefficient (Wildman–Crippen LogP) is 3.06. The third-order valence-electron chi connectivity index (χ3n) is 3.42. The van der Waals surface area contributed by atoms with Gasteiger partial charge >= 0.3 is 0 Å². The maximum absolute atomic E-state index is 9.38. The molecule has 2 rings (SSSR count). The number of rotatable bonds is 4. The minimum Gasteiger partial charge on any atom is -0.384 e. The second kappa shape index (κ2) is 6.15. The largest absolute Gasteiger partial charge is 0.384 e. The number of nitrogens with zero attached hydrogens (tertiary/aromatic N) is 3. The molecule has 0 aliphatic carbocycles. The van der Waals surface area contributed by atoms with Crippen LogP contribution in [0.2, 0.25) is 0 Å². The first-order valence-corrected chi connectivity index (χ1v) is 6.93. The highest BCUT2D eigenvalue weighted by molar-refractivity contribution is 5.63. The minimum absolute atomic E-state index is 0.295. The lowest BCUT2D eigenvalue weighted by Crippen LogP contribution is -2.10. The lowest BCUT2D eigenvalue weighted by molar-refractivity contribution is 0.605. The van der Waals surface area contributed by atoms with Crippen molar-refractivity contribution < 1.29 is 0 Å². The summed E-state index contributed by atoms with van der Waals surface area (Å²) in [6.45, 7) is 4.75. The molecule has 0 amide bonds. The highest BCUT2D eigenvalue weighted by Gasteiger charge is 2.21. The van der Waals surface area contributed by atoms with Gasteiger partial charge in [0.25, 0.3) is 0 Å². The zero-order valence-electron chi connectivity index (χ0n) is 12.3. The Morgan fingerprint density at radius 3 is 2.24 bits per heavy atom. The Balaban J connectivity index is 2.56. The molecule has 0 fully saturated rings. The molecule has 1 aromatic heterocycles. The topological polar surface area (TPSA) is 78.5 Å². The highest BCUT2D eigenvalue weighted by Crippen LogP contribution is 2.27. The van der Waals surface area contributed by atoms with Gasteiger partial charge in [0.1, 0.15) is 23.5 Å². The number of anilines is 1. The Kier molecular flexibility index (Phi) is 4.30. The van der Waals surface area contributed by atoms with Crippen molar-refractivity contribution in [3.05, 3.63) is 52.7 Å². The number of nitrogens with two attached hydrogens (primary N) is 1. The molecule has 0 saturated heterocycles. The fourth-order valence-electron chi connectivity index (χ4n) is 2.47.